The van der Waals surface area contributed by atoms with Gasteiger partial charge in [0, 0.05) is 6.04 Å². The number of hydrogen-bond donors (Lipinski definition) is 1. The van der Waals surface area contributed by atoms with Crippen molar-refractivity contribution in [2.75, 3.05) is 19.7 Å². The first kappa shape index (κ1) is 13.4. The van der Waals surface area contributed by atoms with Gasteiger partial charge in [0.05, 0.1) is 6.42 Å². The fourth-order valence-corrected chi connectivity index (χ4v) is 3.40. The molecule has 1 aromatic rings. The molecule has 4 nitrogen and oxygen atoms in total. The Morgan fingerprint density at radius 1 is 1.35 bits per heavy atom. The molecule has 20 heavy (non-hydrogen) atoms. The van der Waals surface area contributed by atoms with Crippen molar-refractivity contribution in [3.05, 3.63) is 29.8 Å². The summed E-state index contributed by atoms with van der Waals surface area (Å²) in [5.41, 5.74) is 6.14. The molecular formula is C16H22N2O2. The lowest BCUT2D eigenvalue weighted by atomic mass is 9.83. The van der Waals surface area contributed by atoms with Gasteiger partial charge in [0.2, 0.25) is 5.91 Å². The zero-order chi connectivity index (χ0) is 13.9. The number of primary amides is 1. The van der Waals surface area contributed by atoms with Gasteiger partial charge >= 0.3 is 0 Å². The Kier molecular flexibility index (Phi) is 3.92. The predicted molar refractivity (Wildman–Crippen MR) is 77.5 cm³/mol. The first-order valence-corrected chi connectivity index (χ1v) is 7.45. The van der Waals surface area contributed by atoms with Gasteiger partial charge in [-0.05, 0) is 56.0 Å². The molecule has 4 rings (SSSR count). The predicted octanol–water partition coefficient (Wildman–Crippen LogP) is 1.58. The van der Waals surface area contributed by atoms with Crippen LogP contribution >= 0.6 is 0 Å². The largest absolute Gasteiger partial charge is 0.492 e. The van der Waals surface area contributed by atoms with Gasteiger partial charge in [-0.2, -0.15) is 0 Å². The molecule has 1 aromatic carbocycles. The molecular weight excluding hydrogens is 252 g/mol. The second-order valence-corrected chi connectivity index (χ2v) is 5.97. The number of benzene rings is 1. The Morgan fingerprint density at radius 2 is 2.15 bits per heavy atom. The normalized spacial score (nSPS) is 28.3. The third kappa shape index (κ3) is 3.12. The van der Waals surface area contributed by atoms with Gasteiger partial charge in [-0.3, -0.25) is 9.69 Å². The molecule has 1 atom stereocenters. The van der Waals surface area contributed by atoms with Crippen molar-refractivity contribution < 1.29 is 9.53 Å². The topological polar surface area (TPSA) is 55.6 Å². The Balaban J connectivity index is 1.57. The molecule has 0 spiro atoms. The Hall–Kier alpha value is -1.55. The highest BCUT2D eigenvalue weighted by molar-refractivity contribution is 5.76. The average Bonchev–Trinajstić information content (AvgIpc) is 2.46. The van der Waals surface area contributed by atoms with Crippen molar-refractivity contribution in [2.45, 2.75) is 31.7 Å². The third-order valence-electron chi connectivity index (χ3n) is 4.49. The quantitative estimate of drug-likeness (QED) is 0.887. The van der Waals surface area contributed by atoms with Crippen molar-refractivity contribution in [2.24, 2.45) is 11.7 Å². The fourth-order valence-electron chi connectivity index (χ4n) is 3.40. The van der Waals surface area contributed by atoms with Gasteiger partial charge in [-0.15, -0.1) is 0 Å². The van der Waals surface area contributed by atoms with E-state index in [2.05, 4.69) is 4.90 Å². The maximum atomic E-state index is 10.9. The van der Waals surface area contributed by atoms with Gasteiger partial charge < -0.3 is 10.5 Å². The second kappa shape index (κ2) is 5.83. The van der Waals surface area contributed by atoms with E-state index < -0.39 is 0 Å². The number of carbonyl (C=O) groups excluding carboxylic acids is 1. The summed E-state index contributed by atoms with van der Waals surface area (Å²) in [6, 6.07) is 8.24. The van der Waals surface area contributed by atoms with Gasteiger partial charge in [0.25, 0.3) is 0 Å². The van der Waals surface area contributed by atoms with Crippen LogP contribution in [-0.2, 0) is 11.2 Å². The van der Waals surface area contributed by atoms with Crippen molar-refractivity contribution in [1.29, 1.82) is 0 Å². The number of rotatable bonds is 5. The summed E-state index contributed by atoms with van der Waals surface area (Å²) >= 11 is 0. The number of nitrogens with two attached hydrogens (primary N) is 1. The SMILES string of the molecule is NC(=O)Cc1cccc(OCC2CC3CCN2CC3)c1. The minimum atomic E-state index is -0.308. The highest BCUT2D eigenvalue weighted by Crippen LogP contribution is 2.32. The molecule has 0 radical (unpaired) electrons. The average molecular weight is 274 g/mol. The fraction of sp³-hybridized carbons (Fsp3) is 0.562. The summed E-state index contributed by atoms with van der Waals surface area (Å²) in [4.78, 5) is 13.5. The Morgan fingerprint density at radius 3 is 2.80 bits per heavy atom. The van der Waals surface area contributed by atoms with Crippen LogP contribution in [0.1, 0.15) is 24.8 Å². The van der Waals surface area contributed by atoms with Gasteiger partial charge in [-0.25, -0.2) is 0 Å². The van der Waals surface area contributed by atoms with E-state index in [4.69, 9.17) is 10.5 Å². The molecule has 3 aliphatic heterocycles. The van der Waals surface area contributed by atoms with E-state index in [1.807, 2.05) is 24.3 Å². The molecule has 2 N–H and O–H groups in total. The van der Waals surface area contributed by atoms with E-state index in [1.54, 1.807) is 0 Å². The Bertz CT molecular complexity index is 481. The number of carbonyl (C=O) groups is 1. The molecule has 0 aromatic heterocycles. The third-order valence-corrected chi connectivity index (χ3v) is 4.49. The van der Waals surface area contributed by atoms with Crippen LogP contribution in [0.2, 0.25) is 0 Å². The number of fused-ring (bicyclic) bond motifs is 3. The lowest BCUT2D eigenvalue weighted by Crippen LogP contribution is -2.51. The van der Waals surface area contributed by atoms with Gasteiger partial charge in [-0.1, -0.05) is 12.1 Å². The number of hydrogen-bond acceptors (Lipinski definition) is 3. The van der Waals surface area contributed by atoms with Crippen LogP contribution in [-0.4, -0.2) is 36.5 Å². The minimum Gasteiger partial charge on any atom is -0.492 e. The molecule has 1 amide bonds. The van der Waals surface area contributed by atoms with E-state index in [1.165, 1.54) is 32.4 Å². The van der Waals surface area contributed by atoms with E-state index in [9.17, 15) is 4.79 Å². The zero-order valence-corrected chi connectivity index (χ0v) is 11.8. The van der Waals surface area contributed by atoms with Crippen molar-refractivity contribution in [3.63, 3.8) is 0 Å². The van der Waals surface area contributed by atoms with Crippen LogP contribution in [0.3, 0.4) is 0 Å². The van der Waals surface area contributed by atoms with Crippen LogP contribution in [0.5, 0.6) is 5.75 Å². The molecule has 4 heteroatoms. The molecule has 3 fully saturated rings. The smallest absolute Gasteiger partial charge is 0.221 e. The first-order chi connectivity index (χ1) is 9.70. The van der Waals surface area contributed by atoms with Crippen molar-refractivity contribution >= 4 is 5.91 Å². The molecule has 0 aliphatic carbocycles. The maximum Gasteiger partial charge on any atom is 0.221 e. The minimum absolute atomic E-state index is 0.273. The summed E-state index contributed by atoms with van der Waals surface area (Å²) in [6.45, 7) is 3.19. The zero-order valence-electron chi connectivity index (χ0n) is 11.8. The van der Waals surface area contributed by atoms with Crippen LogP contribution in [0, 0.1) is 5.92 Å². The molecule has 2 bridgehead atoms. The first-order valence-electron chi connectivity index (χ1n) is 7.45. The Labute approximate surface area is 119 Å². The summed E-state index contributed by atoms with van der Waals surface area (Å²) < 4.78 is 5.93. The maximum absolute atomic E-state index is 10.9. The van der Waals surface area contributed by atoms with Crippen LogP contribution in [0.4, 0.5) is 0 Å². The molecule has 3 aliphatic rings. The van der Waals surface area contributed by atoms with E-state index >= 15 is 0 Å². The standard InChI is InChI=1S/C16H22N2O2/c17-16(19)10-13-2-1-3-15(9-13)20-11-14-8-12-4-6-18(14)7-5-12/h1-3,9,12,14H,4-8,10-11H2,(H2,17,19). The molecule has 3 saturated heterocycles. The summed E-state index contributed by atoms with van der Waals surface area (Å²) in [7, 11) is 0. The molecule has 0 saturated carbocycles. The summed E-state index contributed by atoms with van der Waals surface area (Å²) in [5.74, 6) is 1.43. The van der Waals surface area contributed by atoms with Crippen molar-refractivity contribution in [3.8, 4) is 5.75 Å². The highest BCUT2D eigenvalue weighted by Gasteiger charge is 2.33. The van der Waals surface area contributed by atoms with Crippen LogP contribution in [0.25, 0.3) is 0 Å². The lowest BCUT2D eigenvalue weighted by molar-refractivity contribution is -0.117. The number of ether oxygens (including phenoxy) is 1. The monoisotopic (exact) mass is 274 g/mol. The second-order valence-electron chi connectivity index (χ2n) is 5.97. The van der Waals surface area contributed by atoms with Crippen molar-refractivity contribution in [1.82, 2.24) is 4.90 Å². The summed E-state index contributed by atoms with van der Waals surface area (Å²) in [5, 5.41) is 0. The van der Waals surface area contributed by atoms with Crippen LogP contribution < -0.4 is 10.5 Å². The molecule has 108 valence electrons. The number of nitrogens with zero attached hydrogens (tertiary/aromatic N) is 1. The molecule has 3 heterocycles. The van der Waals surface area contributed by atoms with E-state index in [0.717, 1.165) is 23.8 Å². The molecule has 1 unspecified atom stereocenters. The number of amides is 1. The van der Waals surface area contributed by atoms with E-state index in [0.29, 0.717) is 6.04 Å². The van der Waals surface area contributed by atoms with E-state index in [-0.39, 0.29) is 12.3 Å². The lowest BCUT2D eigenvalue weighted by Gasteiger charge is -2.45. The summed E-state index contributed by atoms with van der Waals surface area (Å²) in [6.07, 6.45) is 4.24. The van der Waals surface area contributed by atoms with Crippen LogP contribution in [0.15, 0.2) is 24.3 Å². The van der Waals surface area contributed by atoms with Gasteiger partial charge in [0.1, 0.15) is 12.4 Å². The number of piperidine rings is 3. The van der Waals surface area contributed by atoms with Gasteiger partial charge in [0.15, 0.2) is 0 Å². The highest BCUT2D eigenvalue weighted by atomic mass is 16.5.